The number of pyridine rings is 4. The van der Waals surface area contributed by atoms with Crippen molar-refractivity contribution in [2.45, 2.75) is 54.9 Å². The molecule has 446 valence electrons. The van der Waals surface area contributed by atoms with E-state index in [1.807, 2.05) is 48.0 Å². The molecular weight excluding hydrogens is 1120 g/mol. The van der Waals surface area contributed by atoms with Gasteiger partial charge in [0.2, 0.25) is 0 Å². The number of fused-ring (bicyclic) bond motifs is 5. The molecule has 1 N–H and O–H groups in total. The Bertz CT molecular complexity index is 4120. The summed E-state index contributed by atoms with van der Waals surface area (Å²) in [6, 6.07) is 3.78. The molecule has 3 aromatic rings. The van der Waals surface area contributed by atoms with Crippen LogP contribution >= 0.6 is 0 Å². The van der Waals surface area contributed by atoms with Crippen molar-refractivity contribution in [3.8, 4) is 11.1 Å². The lowest BCUT2D eigenvalue weighted by molar-refractivity contribution is -0.785. The van der Waals surface area contributed by atoms with Crippen molar-refractivity contribution in [3.63, 3.8) is 0 Å². The van der Waals surface area contributed by atoms with Crippen LogP contribution in [0.3, 0.4) is 0 Å². The minimum absolute atomic E-state index is 0. The number of carboxylic acids is 4. The minimum atomic E-state index is -1.37. The molecule has 87 heavy (non-hydrogen) atoms. The van der Waals surface area contributed by atoms with E-state index in [0.717, 1.165) is 22.3 Å². The number of nitrogens with one attached hydrogen (secondary N) is 1. The van der Waals surface area contributed by atoms with Crippen LogP contribution in [0.5, 0.6) is 0 Å². The Morgan fingerprint density at radius 3 is 1.75 bits per heavy atom. The Kier molecular flexibility index (Phi) is 19.2. The first-order valence-electron chi connectivity index (χ1n) is 26.1. The predicted molar refractivity (Wildman–Crippen MR) is 304 cm³/mol. The third kappa shape index (κ3) is 12.9. The van der Waals surface area contributed by atoms with Gasteiger partial charge in [-0.3, -0.25) is 9.69 Å². The van der Waals surface area contributed by atoms with Gasteiger partial charge in [-0.25, -0.2) is 19.2 Å². The van der Waals surface area contributed by atoms with Gasteiger partial charge in [-0.1, -0.05) is 51.3 Å². The number of aldehydes is 1. The molecule has 0 amide bonds. The summed E-state index contributed by atoms with van der Waals surface area (Å²) in [5, 5.41) is 45.6. The highest BCUT2D eigenvalue weighted by atomic mass is 16.5. The van der Waals surface area contributed by atoms with Crippen molar-refractivity contribution in [2.24, 2.45) is 0 Å². The number of carboxylic acid groups (broad SMARTS) is 4. The van der Waals surface area contributed by atoms with E-state index < -0.39 is 67.4 Å². The number of esters is 4. The van der Waals surface area contributed by atoms with Gasteiger partial charge in [0.1, 0.15) is 53.6 Å². The first-order chi connectivity index (χ1) is 40.7. The fraction of sp³-hybridized carbons (Fsp3) is 0.200. The molecule has 0 fully saturated rings. The Labute approximate surface area is 499 Å². The number of ether oxygens (including phenoxy) is 4. The topological polar surface area (TPSA) is 304 Å². The summed E-state index contributed by atoms with van der Waals surface area (Å²) in [5.41, 5.74) is 11.7. The van der Waals surface area contributed by atoms with E-state index in [9.17, 15) is 63.6 Å². The summed E-state index contributed by atoms with van der Waals surface area (Å²) in [4.78, 5) is 109. The Morgan fingerprint density at radius 1 is 0.563 bits per heavy atom. The molecule has 3 aromatic heterocycles. The fourth-order valence-corrected chi connectivity index (χ4v) is 10.8. The number of rotatable bonds is 17. The second-order valence-electron chi connectivity index (χ2n) is 19.8. The van der Waals surface area contributed by atoms with Crippen molar-refractivity contribution >= 4 is 94.6 Å². The zero-order valence-corrected chi connectivity index (χ0v) is 46.5. The molecule has 2 aliphatic heterocycles. The van der Waals surface area contributed by atoms with E-state index in [2.05, 4.69) is 0 Å². The summed E-state index contributed by atoms with van der Waals surface area (Å²) < 4.78 is 26.0. The molecule has 0 saturated carbocycles. The van der Waals surface area contributed by atoms with Crippen molar-refractivity contribution in [1.82, 2.24) is 4.57 Å². The maximum atomic E-state index is 13.3. The summed E-state index contributed by atoms with van der Waals surface area (Å²) in [7, 11) is 5.03. The number of carbonyl (C=O) groups excluding carboxylic acids is 9. The summed E-state index contributed by atoms with van der Waals surface area (Å²) in [5.74, 6) is -7.77. The van der Waals surface area contributed by atoms with Crippen molar-refractivity contribution in [1.29, 1.82) is 0 Å². The molecule has 10 rings (SSSR count). The van der Waals surface area contributed by atoms with E-state index in [1.54, 1.807) is 74.4 Å². The molecule has 0 radical (unpaired) electrons. The van der Waals surface area contributed by atoms with Crippen LogP contribution in [0.15, 0.2) is 138 Å². The van der Waals surface area contributed by atoms with E-state index in [0.29, 0.717) is 90.8 Å². The molecule has 7 aliphatic rings. The molecule has 5 heterocycles. The first kappa shape index (κ1) is 63.6. The Balaban J connectivity index is 0.000000267. The smallest absolute Gasteiger partial charge is 0.344 e. The van der Waals surface area contributed by atoms with Gasteiger partial charge in [0.05, 0.1) is 56.7 Å². The second kappa shape index (κ2) is 26.3. The predicted octanol–water partition coefficient (Wildman–Crippen LogP) is 0.160. The lowest BCUT2D eigenvalue weighted by Crippen LogP contribution is -3.05. The minimum Gasteiger partial charge on any atom is -0.544 e. The molecule has 1 unspecified atom stereocenters. The molecule has 0 saturated heterocycles. The molecule has 0 bridgehead atoms. The monoisotopic (exact) mass is 1180 g/mol. The number of aliphatic carboxylic acids is 4. The second-order valence-corrected chi connectivity index (χ2v) is 19.8. The van der Waals surface area contributed by atoms with Crippen LogP contribution < -0.4 is 39.0 Å². The van der Waals surface area contributed by atoms with Crippen molar-refractivity contribution < 1.29 is 101 Å². The highest BCUT2D eigenvalue weighted by molar-refractivity contribution is 6.09. The maximum absolute atomic E-state index is 13.3. The zero-order valence-electron chi connectivity index (χ0n) is 46.5. The van der Waals surface area contributed by atoms with E-state index in [1.165, 1.54) is 66.9 Å². The van der Waals surface area contributed by atoms with Gasteiger partial charge < -0.3 is 63.1 Å². The number of methoxy groups -OCH3 is 4. The first-order valence-corrected chi connectivity index (χ1v) is 26.1. The number of aryl methyl sites for hydroxylation is 1. The van der Waals surface area contributed by atoms with Crippen LogP contribution in [0.2, 0.25) is 0 Å². The van der Waals surface area contributed by atoms with Gasteiger partial charge >= 0.3 is 23.9 Å². The number of nitrogens with zero attached hydrogens (tertiary/aromatic N) is 4. The Hall–Kier alpha value is -11.0. The van der Waals surface area contributed by atoms with Crippen molar-refractivity contribution in [2.75, 3.05) is 35.0 Å². The van der Waals surface area contributed by atoms with Crippen molar-refractivity contribution in [3.05, 3.63) is 200 Å². The summed E-state index contributed by atoms with van der Waals surface area (Å²) in [6.45, 7) is 2.55. The zero-order chi connectivity index (χ0) is 61.1. The average molecular weight is 1180 g/mol. The molecule has 0 aromatic carbocycles. The Morgan fingerprint density at radius 2 is 1.15 bits per heavy atom. The van der Waals surface area contributed by atoms with Gasteiger partial charge in [0, 0.05) is 57.9 Å². The van der Waals surface area contributed by atoms with Crippen LogP contribution in [0.4, 0.5) is 0 Å². The number of carbonyl (C=O) groups is 9. The van der Waals surface area contributed by atoms with Crippen LogP contribution in [0, 0.1) is 0 Å². The number of hydrogen-bond donors (Lipinski definition) is 1. The van der Waals surface area contributed by atoms with Crippen LogP contribution in [-0.2, 0) is 69.1 Å². The molecule has 1 atom stereocenters. The number of allylic oxidation sites excluding steroid dienone is 13. The average Bonchev–Trinajstić information content (AvgIpc) is 1.69. The van der Waals surface area contributed by atoms with Crippen LogP contribution in [0.1, 0.15) is 109 Å². The van der Waals surface area contributed by atoms with Crippen LogP contribution in [-0.4, -0.2) is 93.6 Å². The highest BCUT2D eigenvalue weighted by Gasteiger charge is 2.37. The molecule has 0 spiro atoms. The molecule has 22 nitrogen and oxygen atoms in total. The van der Waals surface area contributed by atoms with E-state index in [-0.39, 0.29) is 48.6 Å². The largest absolute Gasteiger partial charge is 0.544 e. The number of hydrogen-bond acceptors (Lipinski definition) is 17. The summed E-state index contributed by atoms with van der Waals surface area (Å²) in [6.07, 6.45) is 32.5. The number of quaternary nitrogens is 1. The lowest BCUT2D eigenvalue weighted by atomic mass is 9.91. The van der Waals surface area contributed by atoms with Gasteiger partial charge in [0.15, 0.2) is 63.1 Å². The van der Waals surface area contributed by atoms with E-state index >= 15 is 0 Å². The number of aromatic nitrogens is 4. The molecule has 22 heteroatoms. The standard InChI is InChI=1S/C38H29N3O11.C25H22N2O6.2CH4/c1-20-6-23(35-27(20)11-40(17-33(45)46)14-30(35)37(49)51-2)8-22-9-24(36-29(22)13-41(18-34(47)48)15-31(36)38(50)52-3)7-21-4-5-26-25(19-42)10-39(12-28(21)26)16-32(43)44;1-4-26-11-19-15(7-8-18(19)20(12-26)24(30)32-2)9-16-5-6-17-10-27(14-22(28)29)13-21(23(16)17)25(31)33-3;;/h4-15,19H,16-18H2,1-3H3,(H-2,43,44,45,46,47,48);5-13H,4,14H2,1-3H3;2*1H4. The third-order valence-corrected chi connectivity index (χ3v) is 14.4. The lowest BCUT2D eigenvalue weighted by Gasteiger charge is -2.21. The van der Waals surface area contributed by atoms with E-state index in [4.69, 9.17) is 18.9 Å². The quantitative estimate of drug-likeness (QED) is 0.0561. The molecular formula is C65H59N5O17. The molecule has 5 aliphatic carbocycles. The van der Waals surface area contributed by atoms with Gasteiger partial charge in [-0.05, 0) is 88.8 Å². The maximum Gasteiger partial charge on any atom is 0.344 e. The fourth-order valence-electron chi connectivity index (χ4n) is 10.8. The normalized spacial score (nSPS) is 16.0. The van der Waals surface area contributed by atoms with Gasteiger partial charge in [-0.2, -0.15) is 13.7 Å². The van der Waals surface area contributed by atoms with Gasteiger partial charge in [-0.15, -0.1) is 0 Å². The van der Waals surface area contributed by atoms with Crippen LogP contribution in [0.25, 0.3) is 51.6 Å². The van der Waals surface area contributed by atoms with Gasteiger partial charge in [0.25, 0.3) is 0 Å². The highest BCUT2D eigenvalue weighted by Crippen LogP contribution is 2.45. The SMILES string of the molecule is C.C.CCn1cc(C(=O)OC)c2ccc(C=C3C=Cc4c[n+](CC(=O)[O-])cc(C(=O)OC)c43)c-2c1.COC(=O)C1=C[NH+](CC(=O)[O-])C=C2C(/C=C3/C=C(C)c4c[n+](CC(=O)[O-])cc(C(=O)OC)c43)=CC(/C=C3/C=Cc4c(C=O)c[n+](CC(=O)[O-])cc43)=C12. The summed E-state index contributed by atoms with van der Waals surface area (Å²) >= 11 is 0. The third-order valence-electron chi connectivity index (χ3n) is 14.4.